The average Bonchev–Trinajstić information content (AvgIpc) is 3.03. The Morgan fingerprint density at radius 2 is 2.25 bits per heavy atom. The van der Waals surface area contributed by atoms with Gasteiger partial charge in [-0.1, -0.05) is 11.3 Å². The van der Waals surface area contributed by atoms with Crippen molar-refractivity contribution in [3.63, 3.8) is 0 Å². The number of hydrogen-bond donors (Lipinski definition) is 1. The predicted molar refractivity (Wildman–Crippen MR) is 69.5 cm³/mol. The molecule has 1 unspecified atom stereocenters. The van der Waals surface area contributed by atoms with Crippen LogP contribution in [-0.2, 0) is 0 Å². The van der Waals surface area contributed by atoms with Crippen LogP contribution in [0, 0.1) is 6.92 Å². The molecule has 2 aromatic heterocycles. The van der Waals surface area contributed by atoms with Crippen molar-refractivity contribution < 1.29 is 14.3 Å². The number of carbonyl (C=O) groups is 1. The van der Waals surface area contributed by atoms with Gasteiger partial charge in [-0.05, 0) is 26.0 Å². The lowest BCUT2D eigenvalue weighted by atomic mass is 10.2. The SMILES string of the molecule is Cc1cnc(C(C)n2nnc3c(C(=O)O)cccc32)o1. The molecule has 0 bridgehead atoms. The Hall–Kier alpha value is -2.70. The summed E-state index contributed by atoms with van der Waals surface area (Å²) in [5.74, 6) is 0.194. The summed E-state index contributed by atoms with van der Waals surface area (Å²) in [4.78, 5) is 15.3. The Labute approximate surface area is 113 Å². The molecular weight excluding hydrogens is 260 g/mol. The van der Waals surface area contributed by atoms with Gasteiger partial charge in [0.1, 0.15) is 17.3 Å². The Morgan fingerprint density at radius 1 is 1.45 bits per heavy atom. The number of hydrogen-bond acceptors (Lipinski definition) is 5. The van der Waals surface area contributed by atoms with Crippen molar-refractivity contribution >= 4 is 17.0 Å². The van der Waals surface area contributed by atoms with E-state index in [9.17, 15) is 4.79 Å². The summed E-state index contributed by atoms with van der Waals surface area (Å²) in [5.41, 5.74) is 1.12. The van der Waals surface area contributed by atoms with Crippen LogP contribution in [0.4, 0.5) is 0 Å². The van der Waals surface area contributed by atoms with E-state index in [-0.39, 0.29) is 11.6 Å². The normalized spacial score (nSPS) is 12.7. The Kier molecular flexibility index (Phi) is 2.74. The Balaban J connectivity index is 2.13. The third-order valence-electron chi connectivity index (χ3n) is 3.10. The maximum Gasteiger partial charge on any atom is 0.338 e. The van der Waals surface area contributed by atoms with E-state index in [0.717, 1.165) is 0 Å². The molecule has 1 aromatic carbocycles. The zero-order valence-corrected chi connectivity index (χ0v) is 10.9. The highest BCUT2D eigenvalue weighted by molar-refractivity contribution is 6.00. The molecule has 20 heavy (non-hydrogen) atoms. The minimum absolute atomic E-state index is 0.129. The van der Waals surface area contributed by atoms with E-state index in [1.807, 2.05) is 13.8 Å². The molecule has 0 aliphatic heterocycles. The largest absolute Gasteiger partial charge is 0.478 e. The molecule has 0 saturated carbocycles. The number of benzene rings is 1. The molecule has 3 rings (SSSR count). The second kappa shape index (κ2) is 4.44. The lowest BCUT2D eigenvalue weighted by molar-refractivity contribution is 0.0699. The van der Waals surface area contributed by atoms with Crippen molar-refractivity contribution in [2.24, 2.45) is 0 Å². The van der Waals surface area contributed by atoms with Gasteiger partial charge in [-0.15, -0.1) is 5.10 Å². The predicted octanol–water partition coefficient (Wildman–Crippen LogP) is 2.04. The van der Waals surface area contributed by atoms with E-state index in [4.69, 9.17) is 9.52 Å². The van der Waals surface area contributed by atoms with Gasteiger partial charge in [0.25, 0.3) is 0 Å². The Bertz CT molecular complexity index is 790. The van der Waals surface area contributed by atoms with Gasteiger partial charge in [0.05, 0.1) is 17.3 Å². The molecular formula is C13H12N4O3. The smallest absolute Gasteiger partial charge is 0.338 e. The summed E-state index contributed by atoms with van der Waals surface area (Å²) >= 11 is 0. The van der Waals surface area contributed by atoms with Gasteiger partial charge in [-0.25, -0.2) is 14.5 Å². The fraction of sp³-hybridized carbons (Fsp3) is 0.231. The summed E-state index contributed by atoms with van der Waals surface area (Å²) < 4.78 is 7.08. The monoisotopic (exact) mass is 272 g/mol. The molecule has 0 aliphatic rings. The maximum absolute atomic E-state index is 11.2. The number of rotatable bonds is 3. The number of aromatic carboxylic acids is 1. The van der Waals surface area contributed by atoms with Gasteiger partial charge in [0.2, 0.25) is 5.89 Å². The van der Waals surface area contributed by atoms with E-state index < -0.39 is 5.97 Å². The van der Waals surface area contributed by atoms with Crippen LogP contribution in [0.3, 0.4) is 0 Å². The average molecular weight is 272 g/mol. The van der Waals surface area contributed by atoms with Crippen LogP contribution in [-0.4, -0.2) is 31.1 Å². The van der Waals surface area contributed by atoms with Crippen LogP contribution in [0.25, 0.3) is 11.0 Å². The third kappa shape index (κ3) is 1.83. The third-order valence-corrected chi connectivity index (χ3v) is 3.10. The molecule has 1 N–H and O–H groups in total. The fourth-order valence-corrected chi connectivity index (χ4v) is 2.09. The molecule has 3 aromatic rings. The van der Waals surface area contributed by atoms with Crippen molar-refractivity contribution in [1.29, 1.82) is 0 Å². The first-order chi connectivity index (χ1) is 9.58. The molecule has 1 atom stereocenters. The van der Waals surface area contributed by atoms with Crippen LogP contribution >= 0.6 is 0 Å². The van der Waals surface area contributed by atoms with Crippen LogP contribution in [0.5, 0.6) is 0 Å². The fourth-order valence-electron chi connectivity index (χ4n) is 2.09. The zero-order chi connectivity index (χ0) is 14.3. The molecule has 0 amide bonds. The summed E-state index contributed by atoms with van der Waals surface area (Å²) in [6.07, 6.45) is 1.63. The molecule has 0 saturated heterocycles. The first kappa shape index (κ1) is 12.3. The number of carboxylic acid groups (broad SMARTS) is 1. The van der Waals surface area contributed by atoms with Crippen molar-refractivity contribution in [3.8, 4) is 0 Å². The number of fused-ring (bicyclic) bond motifs is 1. The van der Waals surface area contributed by atoms with Gasteiger partial charge in [0.15, 0.2) is 0 Å². The molecule has 7 nitrogen and oxygen atoms in total. The van der Waals surface area contributed by atoms with Crippen LogP contribution in [0.2, 0.25) is 0 Å². The van der Waals surface area contributed by atoms with E-state index >= 15 is 0 Å². The van der Waals surface area contributed by atoms with E-state index in [2.05, 4.69) is 15.3 Å². The van der Waals surface area contributed by atoms with Crippen molar-refractivity contribution in [2.75, 3.05) is 0 Å². The molecule has 0 spiro atoms. The second-order valence-electron chi connectivity index (χ2n) is 4.50. The van der Waals surface area contributed by atoms with Gasteiger partial charge < -0.3 is 9.52 Å². The van der Waals surface area contributed by atoms with Gasteiger partial charge >= 0.3 is 5.97 Å². The van der Waals surface area contributed by atoms with Crippen molar-refractivity contribution in [3.05, 3.63) is 41.6 Å². The first-order valence-corrected chi connectivity index (χ1v) is 6.07. The highest BCUT2D eigenvalue weighted by Gasteiger charge is 2.20. The number of aryl methyl sites for hydroxylation is 1. The van der Waals surface area contributed by atoms with Crippen LogP contribution in [0.15, 0.2) is 28.8 Å². The maximum atomic E-state index is 11.2. The lowest BCUT2D eigenvalue weighted by Crippen LogP contribution is -2.09. The molecule has 102 valence electrons. The van der Waals surface area contributed by atoms with Gasteiger partial charge in [-0.3, -0.25) is 0 Å². The number of carboxylic acids is 1. The highest BCUT2D eigenvalue weighted by Crippen LogP contribution is 2.23. The highest BCUT2D eigenvalue weighted by atomic mass is 16.4. The van der Waals surface area contributed by atoms with Crippen molar-refractivity contribution in [1.82, 2.24) is 20.0 Å². The molecule has 0 fully saturated rings. The number of aromatic nitrogens is 4. The minimum Gasteiger partial charge on any atom is -0.478 e. The van der Waals surface area contributed by atoms with Gasteiger partial charge in [-0.2, -0.15) is 0 Å². The van der Waals surface area contributed by atoms with Crippen LogP contribution in [0.1, 0.15) is 35.0 Å². The summed E-state index contributed by atoms with van der Waals surface area (Å²) in [5, 5.41) is 17.1. The van der Waals surface area contributed by atoms with Gasteiger partial charge in [0, 0.05) is 0 Å². The number of oxazole rings is 1. The number of nitrogens with zero attached hydrogens (tertiary/aromatic N) is 4. The molecule has 2 heterocycles. The molecule has 0 aliphatic carbocycles. The quantitative estimate of drug-likeness (QED) is 0.784. The standard InChI is InChI=1S/C13H12N4O3/c1-7-6-14-12(20-7)8(2)17-10-5-3-4-9(13(18)19)11(10)15-16-17/h3-6,8H,1-2H3,(H,18,19). The summed E-state index contributed by atoms with van der Waals surface area (Å²) in [6, 6.07) is 4.68. The second-order valence-corrected chi connectivity index (χ2v) is 4.50. The summed E-state index contributed by atoms with van der Waals surface area (Å²) in [7, 11) is 0. The minimum atomic E-state index is -1.03. The topological polar surface area (TPSA) is 94.0 Å². The van der Waals surface area contributed by atoms with Crippen LogP contribution < -0.4 is 0 Å². The summed E-state index contributed by atoms with van der Waals surface area (Å²) in [6.45, 7) is 3.68. The van der Waals surface area contributed by atoms with Crippen molar-refractivity contribution in [2.45, 2.75) is 19.9 Å². The van der Waals surface area contributed by atoms with E-state index in [0.29, 0.717) is 22.7 Å². The Morgan fingerprint density at radius 3 is 2.90 bits per heavy atom. The zero-order valence-electron chi connectivity index (χ0n) is 10.9. The lowest BCUT2D eigenvalue weighted by Gasteiger charge is -2.08. The molecule has 7 heteroatoms. The molecule has 0 radical (unpaired) electrons. The van der Waals surface area contributed by atoms with E-state index in [1.54, 1.807) is 23.0 Å². The van der Waals surface area contributed by atoms with E-state index in [1.165, 1.54) is 6.07 Å². The first-order valence-electron chi connectivity index (χ1n) is 6.07.